The topological polar surface area (TPSA) is 24.9 Å². The fraction of sp³-hybridized carbons (Fsp3) is 0.667. The van der Waals surface area contributed by atoms with E-state index in [0.717, 1.165) is 25.1 Å². The summed E-state index contributed by atoms with van der Waals surface area (Å²) in [5.74, 6) is 2.67. The Morgan fingerprint density at radius 1 is 1.44 bits per heavy atom. The minimum Gasteiger partial charge on any atom is -0.309 e. The molecule has 0 fully saturated rings. The van der Waals surface area contributed by atoms with Gasteiger partial charge in [-0.05, 0) is 26.8 Å². The second kappa shape index (κ2) is 6.36. The second-order valence-corrected chi connectivity index (χ2v) is 6.73. The van der Waals surface area contributed by atoms with Crippen LogP contribution in [0.1, 0.15) is 62.2 Å². The van der Waals surface area contributed by atoms with Crippen LogP contribution in [0.4, 0.5) is 0 Å². The molecule has 1 N–H and O–H groups in total. The standard InChI is InChI=1S/C15H24N2S/c1-7-8-9-10-16-11(2)13-12(3)17-14(18-13)15(4,5)6/h1,11,16H,8-10H2,2-6H3. The lowest BCUT2D eigenvalue weighted by atomic mass is 9.98. The first-order valence-corrected chi connectivity index (χ1v) is 7.32. The number of aromatic nitrogens is 1. The monoisotopic (exact) mass is 264 g/mol. The summed E-state index contributed by atoms with van der Waals surface area (Å²) in [7, 11) is 0. The van der Waals surface area contributed by atoms with E-state index in [1.165, 1.54) is 9.88 Å². The Kier molecular flexibility index (Phi) is 5.37. The van der Waals surface area contributed by atoms with Crippen molar-refractivity contribution in [1.29, 1.82) is 0 Å². The molecule has 1 aromatic rings. The molecule has 18 heavy (non-hydrogen) atoms. The van der Waals surface area contributed by atoms with Crippen molar-refractivity contribution in [2.45, 2.75) is 58.9 Å². The predicted octanol–water partition coefficient (Wildman–Crippen LogP) is 3.81. The lowest BCUT2D eigenvalue weighted by Gasteiger charge is -2.14. The summed E-state index contributed by atoms with van der Waals surface area (Å²) in [6, 6.07) is 0.358. The lowest BCUT2D eigenvalue weighted by molar-refractivity contribution is 0.566. The normalized spacial score (nSPS) is 13.3. The quantitative estimate of drug-likeness (QED) is 0.646. The third-order valence-corrected chi connectivity index (χ3v) is 4.58. The second-order valence-electron chi connectivity index (χ2n) is 5.70. The molecule has 1 rings (SSSR count). The molecule has 100 valence electrons. The van der Waals surface area contributed by atoms with E-state index in [4.69, 9.17) is 11.4 Å². The highest BCUT2D eigenvalue weighted by Crippen LogP contribution is 2.32. The van der Waals surface area contributed by atoms with E-state index < -0.39 is 0 Å². The minimum atomic E-state index is 0.136. The van der Waals surface area contributed by atoms with Crippen LogP contribution >= 0.6 is 11.3 Å². The third kappa shape index (κ3) is 4.12. The van der Waals surface area contributed by atoms with E-state index in [1.807, 2.05) is 11.3 Å². The number of hydrogen-bond acceptors (Lipinski definition) is 3. The molecule has 0 amide bonds. The van der Waals surface area contributed by atoms with Gasteiger partial charge in [0.05, 0.1) is 10.7 Å². The third-order valence-electron chi connectivity index (χ3n) is 2.82. The number of unbranched alkanes of at least 4 members (excludes halogenated alkanes) is 1. The molecule has 0 aliphatic carbocycles. The number of nitrogens with one attached hydrogen (secondary N) is 1. The average molecular weight is 264 g/mol. The predicted molar refractivity (Wildman–Crippen MR) is 80.0 cm³/mol. The summed E-state index contributed by atoms with van der Waals surface area (Å²) >= 11 is 1.82. The van der Waals surface area contributed by atoms with Crippen LogP contribution in [0.25, 0.3) is 0 Å². The van der Waals surface area contributed by atoms with E-state index in [1.54, 1.807) is 0 Å². The molecule has 0 saturated heterocycles. The number of rotatable bonds is 5. The highest BCUT2D eigenvalue weighted by molar-refractivity contribution is 7.12. The summed E-state index contributed by atoms with van der Waals surface area (Å²) in [6.45, 7) is 11.9. The van der Waals surface area contributed by atoms with E-state index in [-0.39, 0.29) is 5.41 Å². The summed E-state index contributed by atoms with van der Waals surface area (Å²) < 4.78 is 0. The van der Waals surface area contributed by atoms with Crippen LogP contribution in [0.3, 0.4) is 0 Å². The van der Waals surface area contributed by atoms with Gasteiger partial charge in [0.25, 0.3) is 0 Å². The first kappa shape index (κ1) is 15.2. The highest BCUT2D eigenvalue weighted by atomic mass is 32.1. The average Bonchev–Trinajstić information content (AvgIpc) is 2.66. The highest BCUT2D eigenvalue weighted by Gasteiger charge is 2.22. The van der Waals surface area contributed by atoms with Gasteiger partial charge in [0.2, 0.25) is 0 Å². The lowest BCUT2D eigenvalue weighted by Crippen LogP contribution is -2.19. The molecule has 0 bridgehead atoms. The van der Waals surface area contributed by atoms with E-state index >= 15 is 0 Å². The van der Waals surface area contributed by atoms with Crippen LogP contribution in [0.15, 0.2) is 0 Å². The molecule has 2 nitrogen and oxygen atoms in total. The number of aryl methyl sites for hydroxylation is 1. The van der Waals surface area contributed by atoms with Crippen LogP contribution in [0, 0.1) is 19.3 Å². The number of terminal acetylenes is 1. The van der Waals surface area contributed by atoms with Crippen molar-refractivity contribution in [2.24, 2.45) is 0 Å². The maximum absolute atomic E-state index is 5.25. The van der Waals surface area contributed by atoms with E-state index in [0.29, 0.717) is 6.04 Å². The Labute approximate surface area is 115 Å². The molecule has 0 saturated carbocycles. The van der Waals surface area contributed by atoms with Crippen molar-refractivity contribution in [1.82, 2.24) is 10.3 Å². The van der Waals surface area contributed by atoms with Crippen molar-refractivity contribution in [3.05, 3.63) is 15.6 Å². The number of hydrogen-bond donors (Lipinski definition) is 1. The number of thiazole rings is 1. The molecule has 0 aromatic carbocycles. The van der Waals surface area contributed by atoms with Crippen molar-refractivity contribution in [2.75, 3.05) is 6.54 Å². The van der Waals surface area contributed by atoms with Gasteiger partial charge in [0, 0.05) is 22.8 Å². The van der Waals surface area contributed by atoms with E-state index in [2.05, 4.69) is 45.9 Å². The number of nitrogens with zero attached hydrogens (tertiary/aromatic N) is 1. The molecular formula is C15H24N2S. The van der Waals surface area contributed by atoms with E-state index in [9.17, 15) is 0 Å². The minimum absolute atomic E-state index is 0.136. The van der Waals surface area contributed by atoms with Gasteiger partial charge in [0.1, 0.15) is 0 Å². The molecule has 1 unspecified atom stereocenters. The molecule has 0 spiro atoms. The molecular weight excluding hydrogens is 240 g/mol. The van der Waals surface area contributed by atoms with Gasteiger partial charge >= 0.3 is 0 Å². The summed E-state index contributed by atoms with van der Waals surface area (Å²) in [5.41, 5.74) is 1.29. The van der Waals surface area contributed by atoms with Crippen LogP contribution in [-0.2, 0) is 5.41 Å². The Hall–Kier alpha value is -0.850. The first-order valence-electron chi connectivity index (χ1n) is 6.51. The summed E-state index contributed by atoms with van der Waals surface area (Å²) in [6.07, 6.45) is 7.12. The molecule has 0 aliphatic rings. The summed E-state index contributed by atoms with van der Waals surface area (Å²) in [5, 5.41) is 4.73. The van der Waals surface area contributed by atoms with Gasteiger partial charge in [-0.1, -0.05) is 20.8 Å². The molecule has 1 aromatic heterocycles. The van der Waals surface area contributed by atoms with Gasteiger partial charge in [-0.25, -0.2) is 4.98 Å². The van der Waals surface area contributed by atoms with Gasteiger partial charge < -0.3 is 5.32 Å². The first-order chi connectivity index (χ1) is 8.36. The summed E-state index contributed by atoms with van der Waals surface area (Å²) in [4.78, 5) is 6.04. The van der Waals surface area contributed by atoms with Gasteiger partial charge in [0.15, 0.2) is 0 Å². The fourth-order valence-electron chi connectivity index (χ4n) is 1.73. The van der Waals surface area contributed by atoms with Crippen molar-refractivity contribution in [3.8, 4) is 12.3 Å². The van der Waals surface area contributed by atoms with Crippen molar-refractivity contribution in [3.63, 3.8) is 0 Å². The molecule has 0 radical (unpaired) electrons. The molecule has 1 atom stereocenters. The van der Waals surface area contributed by atoms with Crippen LogP contribution in [0.5, 0.6) is 0 Å². The molecule has 0 aliphatic heterocycles. The van der Waals surface area contributed by atoms with Gasteiger partial charge in [-0.2, -0.15) is 0 Å². The van der Waals surface area contributed by atoms with Crippen LogP contribution in [-0.4, -0.2) is 11.5 Å². The Morgan fingerprint density at radius 3 is 2.61 bits per heavy atom. The maximum atomic E-state index is 5.25. The fourth-order valence-corrected chi connectivity index (χ4v) is 2.88. The zero-order valence-corrected chi connectivity index (χ0v) is 12.9. The Bertz CT molecular complexity index is 421. The Balaban J connectivity index is 2.66. The zero-order chi connectivity index (χ0) is 13.8. The van der Waals surface area contributed by atoms with Gasteiger partial charge in [-0.3, -0.25) is 0 Å². The zero-order valence-electron chi connectivity index (χ0n) is 12.1. The van der Waals surface area contributed by atoms with Gasteiger partial charge in [-0.15, -0.1) is 23.7 Å². The largest absolute Gasteiger partial charge is 0.309 e. The maximum Gasteiger partial charge on any atom is 0.0985 e. The Morgan fingerprint density at radius 2 is 2.11 bits per heavy atom. The van der Waals surface area contributed by atoms with Crippen LogP contribution in [0.2, 0.25) is 0 Å². The molecule has 3 heteroatoms. The smallest absolute Gasteiger partial charge is 0.0985 e. The van der Waals surface area contributed by atoms with Crippen molar-refractivity contribution >= 4 is 11.3 Å². The SMILES string of the molecule is C#CCCCNC(C)c1sc(C(C)(C)C)nc1C. The van der Waals surface area contributed by atoms with Crippen LogP contribution < -0.4 is 5.32 Å². The van der Waals surface area contributed by atoms with Crippen molar-refractivity contribution < 1.29 is 0 Å². The molecule has 1 heterocycles.